The number of carbonyl (C=O) groups excluding carboxylic acids is 1. The van der Waals surface area contributed by atoms with Crippen LogP contribution in [0.5, 0.6) is 0 Å². The summed E-state index contributed by atoms with van der Waals surface area (Å²) in [6.45, 7) is 2.13. The maximum Gasteiger partial charge on any atom is 0.338 e. The molecule has 0 radical (unpaired) electrons. The fourth-order valence-electron chi connectivity index (χ4n) is 2.64. The molecule has 0 atom stereocenters. The Kier molecular flexibility index (Phi) is 5.00. The molecule has 3 aromatic rings. The van der Waals surface area contributed by atoms with Crippen LogP contribution in [0.15, 0.2) is 59.5 Å². The third-order valence-electron chi connectivity index (χ3n) is 3.93. The summed E-state index contributed by atoms with van der Waals surface area (Å²) in [7, 11) is 0. The molecule has 0 saturated heterocycles. The Labute approximate surface area is 146 Å². The second kappa shape index (κ2) is 7.54. The molecule has 0 N–H and O–H groups in total. The second-order valence-electron chi connectivity index (χ2n) is 5.56. The highest BCUT2D eigenvalue weighted by atomic mass is 16.5. The van der Waals surface area contributed by atoms with E-state index >= 15 is 0 Å². The molecular weight excluding hydrogens is 316 g/mol. The smallest absolute Gasteiger partial charge is 0.338 e. The SMILES string of the molecule is CCOC(=O)c1ccc(-n2cc(C#N)c(CCc3ccco3)c2)cc1. The average Bonchev–Trinajstić information content (AvgIpc) is 3.29. The number of furan rings is 1. The number of hydrogen-bond donors (Lipinski definition) is 0. The molecule has 0 aliphatic heterocycles. The topological polar surface area (TPSA) is 68.2 Å². The summed E-state index contributed by atoms with van der Waals surface area (Å²) in [5, 5.41) is 9.36. The number of aryl methyl sites for hydroxylation is 2. The third-order valence-corrected chi connectivity index (χ3v) is 3.93. The van der Waals surface area contributed by atoms with Crippen molar-refractivity contribution in [3.8, 4) is 11.8 Å². The van der Waals surface area contributed by atoms with E-state index in [0.717, 1.165) is 29.9 Å². The first-order valence-corrected chi connectivity index (χ1v) is 8.12. The molecule has 3 rings (SSSR count). The molecule has 2 heterocycles. The molecule has 0 fully saturated rings. The Morgan fingerprint density at radius 3 is 2.64 bits per heavy atom. The van der Waals surface area contributed by atoms with E-state index in [1.54, 1.807) is 31.5 Å². The molecule has 0 spiro atoms. The molecule has 5 heteroatoms. The highest BCUT2D eigenvalue weighted by Crippen LogP contribution is 2.18. The molecule has 0 aliphatic carbocycles. The molecule has 0 amide bonds. The van der Waals surface area contributed by atoms with Gasteiger partial charge in [-0.2, -0.15) is 5.26 Å². The largest absolute Gasteiger partial charge is 0.469 e. The van der Waals surface area contributed by atoms with Crippen molar-refractivity contribution in [1.82, 2.24) is 4.57 Å². The molecular formula is C20H18N2O3. The fraction of sp³-hybridized carbons (Fsp3) is 0.200. The number of carbonyl (C=O) groups is 1. The van der Waals surface area contributed by atoms with Crippen LogP contribution >= 0.6 is 0 Å². The van der Waals surface area contributed by atoms with Gasteiger partial charge in [-0.05, 0) is 55.3 Å². The summed E-state index contributed by atoms with van der Waals surface area (Å²) < 4.78 is 12.2. The first-order chi connectivity index (χ1) is 12.2. The molecule has 0 aliphatic rings. The molecule has 126 valence electrons. The molecule has 25 heavy (non-hydrogen) atoms. The number of hydrogen-bond acceptors (Lipinski definition) is 4. The Hall–Kier alpha value is -3.26. The van der Waals surface area contributed by atoms with Gasteiger partial charge in [0.15, 0.2) is 0 Å². The predicted octanol–water partition coefficient (Wildman–Crippen LogP) is 3.90. The Morgan fingerprint density at radius 2 is 2.00 bits per heavy atom. The lowest BCUT2D eigenvalue weighted by Gasteiger charge is -2.05. The number of benzene rings is 1. The average molecular weight is 334 g/mol. The predicted molar refractivity (Wildman–Crippen MR) is 92.6 cm³/mol. The van der Waals surface area contributed by atoms with Gasteiger partial charge < -0.3 is 13.7 Å². The lowest BCUT2D eigenvalue weighted by atomic mass is 10.1. The normalized spacial score (nSPS) is 10.4. The van der Waals surface area contributed by atoms with E-state index in [2.05, 4.69) is 6.07 Å². The maximum atomic E-state index is 11.7. The van der Waals surface area contributed by atoms with E-state index in [1.807, 2.05) is 35.0 Å². The van der Waals surface area contributed by atoms with Crippen molar-refractivity contribution >= 4 is 5.97 Å². The van der Waals surface area contributed by atoms with E-state index in [1.165, 1.54) is 0 Å². The van der Waals surface area contributed by atoms with Crippen molar-refractivity contribution in [1.29, 1.82) is 5.26 Å². The van der Waals surface area contributed by atoms with Gasteiger partial charge in [-0.1, -0.05) is 0 Å². The molecule has 0 unspecified atom stereocenters. The highest BCUT2D eigenvalue weighted by Gasteiger charge is 2.10. The first-order valence-electron chi connectivity index (χ1n) is 8.12. The summed E-state index contributed by atoms with van der Waals surface area (Å²) >= 11 is 0. The van der Waals surface area contributed by atoms with Gasteiger partial charge in [0.05, 0.1) is 24.0 Å². The van der Waals surface area contributed by atoms with E-state index in [9.17, 15) is 10.1 Å². The van der Waals surface area contributed by atoms with Crippen LogP contribution in [0.4, 0.5) is 0 Å². The number of nitrogens with zero attached hydrogens (tertiary/aromatic N) is 2. The van der Waals surface area contributed by atoms with Crippen LogP contribution in [0.2, 0.25) is 0 Å². The van der Waals surface area contributed by atoms with Crippen molar-refractivity contribution in [2.45, 2.75) is 19.8 Å². The van der Waals surface area contributed by atoms with Crippen LogP contribution in [-0.2, 0) is 17.6 Å². The first kappa shape index (κ1) is 16.6. The van der Waals surface area contributed by atoms with Crippen LogP contribution < -0.4 is 0 Å². The Balaban J connectivity index is 1.78. The summed E-state index contributed by atoms with van der Waals surface area (Å²) in [5.41, 5.74) is 3.00. The van der Waals surface area contributed by atoms with Crippen LogP contribution in [0.25, 0.3) is 5.69 Å². The molecule has 0 saturated carbocycles. The van der Waals surface area contributed by atoms with E-state index in [0.29, 0.717) is 17.7 Å². The van der Waals surface area contributed by atoms with Gasteiger partial charge in [0.2, 0.25) is 0 Å². The third kappa shape index (κ3) is 3.81. The van der Waals surface area contributed by atoms with Crippen LogP contribution in [0.1, 0.15) is 34.2 Å². The lowest BCUT2D eigenvalue weighted by Crippen LogP contribution is -2.04. The maximum absolute atomic E-state index is 11.7. The standard InChI is InChI=1S/C20H18N2O3/c1-2-24-20(23)15-5-8-18(9-6-15)22-13-16(17(12-21)14-22)7-10-19-4-3-11-25-19/h3-6,8-9,11,13-14H,2,7,10H2,1H3. The van der Waals surface area contributed by atoms with E-state index in [4.69, 9.17) is 9.15 Å². The minimum atomic E-state index is -0.335. The summed E-state index contributed by atoms with van der Waals surface area (Å²) in [4.78, 5) is 11.7. The molecule has 5 nitrogen and oxygen atoms in total. The molecule has 1 aromatic carbocycles. The van der Waals surface area contributed by atoms with Crippen molar-refractivity contribution in [3.05, 3.63) is 77.5 Å². The minimum Gasteiger partial charge on any atom is -0.469 e. The van der Waals surface area contributed by atoms with E-state index in [-0.39, 0.29) is 5.97 Å². The fourth-order valence-corrected chi connectivity index (χ4v) is 2.64. The Morgan fingerprint density at radius 1 is 1.20 bits per heavy atom. The van der Waals surface area contributed by atoms with Crippen LogP contribution in [0, 0.1) is 11.3 Å². The van der Waals surface area contributed by atoms with Gasteiger partial charge in [-0.3, -0.25) is 0 Å². The van der Waals surface area contributed by atoms with Crippen molar-refractivity contribution in [2.24, 2.45) is 0 Å². The monoisotopic (exact) mass is 334 g/mol. The summed E-state index contributed by atoms with van der Waals surface area (Å²) in [6.07, 6.45) is 6.87. The minimum absolute atomic E-state index is 0.335. The van der Waals surface area contributed by atoms with Gasteiger partial charge in [0, 0.05) is 24.5 Å². The van der Waals surface area contributed by atoms with Gasteiger partial charge >= 0.3 is 5.97 Å². The van der Waals surface area contributed by atoms with Gasteiger partial charge in [0.25, 0.3) is 0 Å². The van der Waals surface area contributed by atoms with Crippen molar-refractivity contribution in [3.63, 3.8) is 0 Å². The van der Waals surface area contributed by atoms with E-state index < -0.39 is 0 Å². The number of ether oxygens (including phenoxy) is 1. The number of nitriles is 1. The second-order valence-corrected chi connectivity index (χ2v) is 5.56. The summed E-state index contributed by atoms with van der Waals surface area (Å²) in [5.74, 6) is 0.564. The van der Waals surface area contributed by atoms with Gasteiger partial charge in [0.1, 0.15) is 11.8 Å². The number of esters is 1. The van der Waals surface area contributed by atoms with Crippen LogP contribution in [-0.4, -0.2) is 17.1 Å². The van der Waals surface area contributed by atoms with Crippen molar-refractivity contribution in [2.75, 3.05) is 6.61 Å². The van der Waals surface area contributed by atoms with Crippen molar-refractivity contribution < 1.29 is 13.9 Å². The van der Waals surface area contributed by atoms with Gasteiger partial charge in [-0.25, -0.2) is 4.79 Å². The molecule has 2 aromatic heterocycles. The summed E-state index contributed by atoms with van der Waals surface area (Å²) in [6, 6.07) is 13.1. The number of aromatic nitrogens is 1. The number of rotatable bonds is 6. The molecule has 0 bridgehead atoms. The lowest BCUT2D eigenvalue weighted by molar-refractivity contribution is 0.0526. The van der Waals surface area contributed by atoms with Crippen LogP contribution in [0.3, 0.4) is 0 Å². The Bertz CT molecular complexity index is 884. The zero-order valence-electron chi connectivity index (χ0n) is 13.9. The van der Waals surface area contributed by atoms with Gasteiger partial charge in [-0.15, -0.1) is 0 Å². The zero-order chi connectivity index (χ0) is 17.6. The zero-order valence-corrected chi connectivity index (χ0v) is 13.9. The highest BCUT2D eigenvalue weighted by molar-refractivity contribution is 5.89. The quantitative estimate of drug-likeness (QED) is 0.641.